The van der Waals surface area contributed by atoms with Crippen molar-refractivity contribution in [2.45, 2.75) is 13.8 Å². The lowest BCUT2D eigenvalue weighted by atomic mass is 10.0. The number of halogens is 1. The van der Waals surface area contributed by atoms with Gasteiger partial charge in [0.1, 0.15) is 5.75 Å². The molecule has 0 radical (unpaired) electrons. The Morgan fingerprint density at radius 3 is 2.59 bits per heavy atom. The zero-order chi connectivity index (χ0) is 15.9. The predicted molar refractivity (Wildman–Crippen MR) is 89.3 cm³/mol. The molecule has 0 bridgehead atoms. The SMILES string of the molecule is COc1c(C)cc(Cl)cc1-c1cc2ccc(C)cn2c1C=O. The molecule has 3 nitrogen and oxygen atoms in total. The second kappa shape index (κ2) is 5.50. The Morgan fingerprint density at radius 2 is 1.91 bits per heavy atom. The van der Waals surface area contributed by atoms with Crippen molar-refractivity contribution in [3.63, 3.8) is 0 Å². The maximum Gasteiger partial charge on any atom is 0.167 e. The van der Waals surface area contributed by atoms with Crippen molar-refractivity contribution in [3.8, 4) is 16.9 Å². The Bertz CT molecular complexity index is 880. The predicted octanol–water partition coefficient (Wildman–Crippen LogP) is 4.70. The number of ether oxygens (including phenoxy) is 1. The van der Waals surface area contributed by atoms with Gasteiger partial charge in [0.15, 0.2) is 6.29 Å². The van der Waals surface area contributed by atoms with Crippen molar-refractivity contribution >= 4 is 23.4 Å². The van der Waals surface area contributed by atoms with Crippen LogP contribution in [0.25, 0.3) is 16.6 Å². The molecule has 0 spiro atoms. The normalized spacial score (nSPS) is 10.9. The summed E-state index contributed by atoms with van der Waals surface area (Å²) in [6.07, 6.45) is 2.82. The summed E-state index contributed by atoms with van der Waals surface area (Å²) in [7, 11) is 1.63. The van der Waals surface area contributed by atoms with Gasteiger partial charge in [0.25, 0.3) is 0 Å². The van der Waals surface area contributed by atoms with E-state index in [0.29, 0.717) is 10.7 Å². The molecule has 0 saturated heterocycles. The fourth-order valence-corrected chi connectivity index (χ4v) is 3.11. The average Bonchev–Trinajstić information content (AvgIpc) is 2.84. The van der Waals surface area contributed by atoms with Crippen molar-refractivity contribution in [2.75, 3.05) is 7.11 Å². The summed E-state index contributed by atoms with van der Waals surface area (Å²) < 4.78 is 7.42. The van der Waals surface area contributed by atoms with E-state index in [9.17, 15) is 4.79 Å². The van der Waals surface area contributed by atoms with Crippen molar-refractivity contribution in [1.29, 1.82) is 0 Å². The molecule has 0 unspecified atom stereocenters. The number of hydrogen-bond acceptors (Lipinski definition) is 2. The second-order valence-electron chi connectivity index (χ2n) is 5.37. The fraction of sp³-hybridized carbons (Fsp3) is 0.167. The van der Waals surface area contributed by atoms with Crippen molar-refractivity contribution in [2.24, 2.45) is 0 Å². The number of benzene rings is 1. The van der Waals surface area contributed by atoms with Crippen molar-refractivity contribution < 1.29 is 9.53 Å². The van der Waals surface area contributed by atoms with Crippen LogP contribution in [0.15, 0.2) is 36.5 Å². The highest BCUT2D eigenvalue weighted by atomic mass is 35.5. The van der Waals surface area contributed by atoms with Gasteiger partial charge in [-0.05, 0) is 49.2 Å². The number of carbonyl (C=O) groups excluding carboxylic acids is 1. The molecule has 0 aliphatic heterocycles. The van der Waals surface area contributed by atoms with E-state index in [0.717, 1.165) is 39.8 Å². The number of aryl methyl sites for hydroxylation is 2. The summed E-state index contributed by atoms with van der Waals surface area (Å²) in [5.74, 6) is 0.736. The standard InChI is InChI=1S/C18H16ClNO2/c1-11-4-5-14-8-15(17(10-21)20(14)9-11)16-7-13(19)6-12(2)18(16)22-3/h4-10H,1-3H3. The number of aromatic nitrogens is 1. The van der Waals surface area contributed by atoms with Crippen LogP contribution in [0.3, 0.4) is 0 Å². The lowest BCUT2D eigenvalue weighted by Gasteiger charge is -2.12. The molecule has 4 heteroatoms. The Balaban J connectivity index is 2.38. The molecule has 2 heterocycles. The Kier molecular flexibility index (Phi) is 3.67. The van der Waals surface area contributed by atoms with E-state index in [4.69, 9.17) is 16.3 Å². The van der Waals surface area contributed by atoms with Crippen LogP contribution in [0.2, 0.25) is 5.02 Å². The van der Waals surface area contributed by atoms with Gasteiger partial charge in [-0.25, -0.2) is 0 Å². The summed E-state index contributed by atoms with van der Waals surface area (Å²) >= 11 is 6.20. The maximum absolute atomic E-state index is 11.7. The summed E-state index contributed by atoms with van der Waals surface area (Å²) in [6.45, 7) is 3.94. The van der Waals surface area contributed by atoms with Gasteiger partial charge in [-0.3, -0.25) is 4.79 Å². The minimum absolute atomic E-state index is 0.596. The summed E-state index contributed by atoms with van der Waals surface area (Å²) in [5.41, 5.74) is 5.24. The maximum atomic E-state index is 11.7. The van der Waals surface area contributed by atoms with Gasteiger partial charge >= 0.3 is 0 Å². The molecule has 0 atom stereocenters. The smallest absolute Gasteiger partial charge is 0.167 e. The minimum atomic E-state index is 0.596. The van der Waals surface area contributed by atoms with Crippen molar-refractivity contribution in [1.82, 2.24) is 4.40 Å². The van der Waals surface area contributed by atoms with E-state index in [1.54, 1.807) is 7.11 Å². The average molecular weight is 314 g/mol. The highest BCUT2D eigenvalue weighted by Crippen LogP contribution is 2.38. The third-order valence-corrected chi connectivity index (χ3v) is 4.02. The van der Waals surface area contributed by atoms with Crippen LogP contribution in [0.5, 0.6) is 5.75 Å². The number of carbonyl (C=O) groups is 1. The highest BCUT2D eigenvalue weighted by molar-refractivity contribution is 6.31. The van der Waals surface area contributed by atoms with E-state index in [2.05, 4.69) is 0 Å². The molecule has 22 heavy (non-hydrogen) atoms. The number of pyridine rings is 1. The van der Waals surface area contributed by atoms with E-state index < -0.39 is 0 Å². The molecule has 0 saturated carbocycles. The van der Waals surface area contributed by atoms with Crippen LogP contribution in [0, 0.1) is 13.8 Å². The first-order valence-corrected chi connectivity index (χ1v) is 7.34. The van der Waals surface area contributed by atoms with Crippen LogP contribution >= 0.6 is 11.6 Å². The van der Waals surface area contributed by atoms with Gasteiger partial charge in [0.2, 0.25) is 0 Å². The molecule has 0 aliphatic rings. The Morgan fingerprint density at radius 1 is 1.14 bits per heavy atom. The molecule has 3 aromatic rings. The van der Waals surface area contributed by atoms with Crippen LogP contribution < -0.4 is 4.74 Å². The van der Waals surface area contributed by atoms with Crippen LogP contribution in [0.1, 0.15) is 21.6 Å². The van der Waals surface area contributed by atoms with Gasteiger partial charge in [-0.2, -0.15) is 0 Å². The quantitative estimate of drug-likeness (QED) is 0.656. The largest absolute Gasteiger partial charge is 0.496 e. The molecule has 0 fully saturated rings. The molecule has 112 valence electrons. The number of nitrogens with zero attached hydrogens (tertiary/aromatic N) is 1. The van der Waals surface area contributed by atoms with Crippen LogP contribution in [-0.4, -0.2) is 17.8 Å². The lowest BCUT2D eigenvalue weighted by molar-refractivity contribution is 0.111. The highest BCUT2D eigenvalue weighted by Gasteiger charge is 2.17. The molecule has 2 aromatic heterocycles. The molecular formula is C18H16ClNO2. The first-order valence-electron chi connectivity index (χ1n) is 6.96. The third-order valence-electron chi connectivity index (χ3n) is 3.80. The van der Waals surface area contributed by atoms with E-state index in [1.807, 2.05) is 54.8 Å². The summed E-state index contributed by atoms with van der Waals surface area (Å²) in [4.78, 5) is 11.7. The van der Waals surface area contributed by atoms with Gasteiger partial charge < -0.3 is 9.14 Å². The number of hydrogen-bond donors (Lipinski definition) is 0. The second-order valence-corrected chi connectivity index (χ2v) is 5.80. The van der Waals surface area contributed by atoms with E-state index in [1.165, 1.54) is 0 Å². The Labute approximate surface area is 134 Å². The molecular weight excluding hydrogens is 298 g/mol. The van der Waals surface area contributed by atoms with Crippen LogP contribution in [-0.2, 0) is 0 Å². The van der Waals surface area contributed by atoms with Gasteiger partial charge in [0, 0.05) is 27.9 Å². The molecule has 0 amide bonds. The zero-order valence-electron chi connectivity index (χ0n) is 12.7. The number of aldehydes is 1. The van der Waals surface area contributed by atoms with Crippen LogP contribution in [0.4, 0.5) is 0 Å². The first kappa shape index (κ1) is 14.7. The zero-order valence-corrected chi connectivity index (χ0v) is 13.4. The topological polar surface area (TPSA) is 30.7 Å². The van der Waals surface area contributed by atoms with Gasteiger partial charge in [0.05, 0.1) is 12.8 Å². The summed E-state index contributed by atoms with van der Waals surface area (Å²) in [6, 6.07) is 9.69. The third kappa shape index (κ3) is 2.28. The van der Waals surface area contributed by atoms with Crippen molar-refractivity contribution in [3.05, 3.63) is 58.4 Å². The molecule has 0 aliphatic carbocycles. The van der Waals surface area contributed by atoms with Gasteiger partial charge in [-0.15, -0.1) is 0 Å². The first-order chi connectivity index (χ1) is 10.5. The fourth-order valence-electron chi connectivity index (χ4n) is 2.83. The summed E-state index contributed by atoms with van der Waals surface area (Å²) in [5, 5.41) is 0.622. The Hall–Kier alpha value is -2.26. The lowest BCUT2D eigenvalue weighted by Crippen LogP contribution is -1.96. The number of rotatable bonds is 3. The van der Waals surface area contributed by atoms with E-state index in [-0.39, 0.29) is 0 Å². The van der Waals surface area contributed by atoms with Gasteiger partial charge in [-0.1, -0.05) is 17.7 Å². The van der Waals surface area contributed by atoms with E-state index >= 15 is 0 Å². The molecule has 1 aromatic carbocycles. The number of fused-ring (bicyclic) bond motifs is 1. The number of methoxy groups -OCH3 is 1. The minimum Gasteiger partial charge on any atom is -0.496 e. The monoisotopic (exact) mass is 313 g/mol. The molecule has 3 rings (SSSR count). The molecule has 0 N–H and O–H groups in total.